The van der Waals surface area contributed by atoms with Gasteiger partial charge >= 0.3 is 0 Å². The van der Waals surface area contributed by atoms with Gasteiger partial charge in [0.05, 0.1) is 11.4 Å². The van der Waals surface area contributed by atoms with Crippen LogP contribution in [0.15, 0.2) is 72.8 Å². The number of anilines is 3. The van der Waals surface area contributed by atoms with E-state index in [4.69, 9.17) is 17.2 Å². The van der Waals surface area contributed by atoms with Gasteiger partial charge in [-0.2, -0.15) is 0 Å². The smallest absolute Gasteiger partial charge is 0.253 e. The number of carbonyl (C=O) groups is 1. The molecule has 0 unspecified atom stereocenters. The SMILES string of the molecule is CCc1ccccc1N.CN(Cc1ccccc1)C(=O)c1ccc(N)c(N)c1. The molecule has 3 aromatic carbocycles. The van der Waals surface area contributed by atoms with Crippen LogP contribution in [0.3, 0.4) is 0 Å². The second-order valence-electron chi connectivity index (χ2n) is 6.54. The van der Waals surface area contributed by atoms with E-state index in [0.717, 1.165) is 17.7 Å². The number of nitrogens with zero attached hydrogens (tertiary/aromatic N) is 1. The molecule has 0 aliphatic rings. The number of aryl methyl sites for hydroxylation is 1. The van der Waals surface area contributed by atoms with Crippen molar-refractivity contribution in [2.75, 3.05) is 24.2 Å². The summed E-state index contributed by atoms with van der Waals surface area (Å²) in [6.07, 6.45) is 1.02. The van der Waals surface area contributed by atoms with Gasteiger partial charge in [0.2, 0.25) is 0 Å². The Hall–Kier alpha value is -3.47. The highest BCUT2D eigenvalue weighted by Gasteiger charge is 2.12. The normalized spacial score (nSPS) is 9.93. The van der Waals surface area contributed by atoms with Crippen molar-refractivity contribution in [1.29, 1.82) is 0 Å². The number of benzene rings is 3. The van der Waals surface area contributed by atoms with Gasteiger partial charge in [-0.25, -0.2) is 0 Å². The first-order valence-electron chi connectivity index (χ1n) is 9.20. The topological polar surface area (TPSA) is 98.4 Å². The minimum Gasteiger partial charge on any atom is -0.399 e. The van der Waals surface area contributed by atoms with Gasteiger partial charge in [0, 0.05) is 24.8 Å². The average molecular weight is 377 g/mol. The zero-order valence-electron chi connectivity index (χ0n) is 16.4. The number of rotatable bonds is 4. The fourth-order valence-corrected chi connectivity index (χ4v) is 2.71. The highest BCUT2D eigenvalue weighted by molar-refractivity contribution is 5.95. The summed E-state index contributed by atoms with van der Waals surface area (Å²) in [5.41, 5.74) is 21.7. The molecule has 3 rings (SSSR count). The molecule has 0 saturated heterocycles. The van der Waals surface area contributed by atoms with Crippen LogP contribution < -0.4 is 17.2 Å². The highest BCUT2D eigenvalue weighted by atomic mass is 16.2. The maximum absolute atomic E-state index is 12.2. The van der Waals surface area contributed by atoms with Crippen LogP contribution in [-0.2, 0) is 13.0 Å². The molecule has 1 amide bonds. The molecule has 146 valence electrons. The number of hydrogen-bond donors (Lipinski definition) is 3. The summed E-state index contributed by atoms with van der Waals surface area (Å²) in [5, 5.41) is 0. The summed E-state index contributed by atoms with van der Waals surface area (Å²) in [5.74, 6) is -0.0736. The lowest BCUT2D eigenvalue weighted by atomic mass is 10.1. The summed E-state index contributed by atoms with van der Waals surface area (Å²) in [6.45, 7) is 2.66. The zero-order valence-corrected chi connectivity index (χ0v) is 16.4. The molecule has 3 aromatic rings. The molecular weight excluding hydrogens is 348 g/mol. The Balaban J connectivity index is 0.000000261. The van der Waals surface area contributed by atoms with Crippen molar-refractivity contribution in [2.24, 2.45) is 0 Å². The number of carbonyl (C=O) groups excluding carboxylic acids is 1. The van der Waals surface area contributed by atoms with Gasteiger partial charge in [-0.05, 0) is 41.8 Å². The summed E-state index contributed by atoms with van der Waals surface area (Å²) in [6, 6.07) is 22.7. The molecule has 5 heteroatoms. The lowest BCUT2D eigenvalue weighted by molar-refractivity contribution is 0.0785. The minimum absolute atomic E-state index is 0.0736. The summed E-state index contributed by atoms with van der Waals surface area (Å²) < 4.78 is 0. The molecular formula is C23H28N4O. The van der Waals surface area contributed by atoms with Crippen LogP contribution in [0.1, 0.15) is 28.4 Å². The summed E-state index contributed by atoms with van der Waals surface area (Å²) >= 11 is 0. The minimum atomic E-state index is -0.0736. The van der Waals surface area contributed by atoms with Crippen molar-refractivity contribution in [1.82, 2.24) is 4.90 Å². The fraction of sp³-hybridized carbons (Fsp3) is 0.174. The van der Waals surface area contributed by atoms with E-state index >= 15 is 0 Å². The van der Waals surface area contributed by atoms with E-state index in [9.17, 15) is 4.79 Å². The molecule has 0 radical (unpaired) electrons. The molecule has 0 atom stereocenters. The van der Waals surface area contributed by atoms with Gasteiger partial charge in [0.15, 0.2) is 0 Å². The molecule has 0 fully saturated rings. The van der Waals surface area contributed by atoms with E-state index in [1.54, 1.807) is 30.1 Å². The zero-order chi connectivity index (χ0) is 20.5. The van der Waals surface area contributed by atoms with Crippen LogP contribution in [0.2, 0.25) is 0 Å². The maximum Gasteiger partial charge on any atom is 0.253 e. The standard InChI is InChI=1S/C15H17N3O.C8H11N/c1-18(10-11-5-3-2-4-6-11)15(19)12-7-8-13(16)14(17)9-12;1-2-7-5-3-4-6-8(7)9/h2-9H,10,16-17H2,1H3;3-6H,2,9H2,1H3. The fourth-order valence-electron chi connectivity index (χ4n) is 2.71. The molecule has 5 nitrogen and oxygen atoms in total. The summed E-state index contributed by atoms with van der Waals surface area (Å²) in [7, 11) is 1.77. The second kappa shape index (κ2) is 10.0. The van der Waals surface area contributed by atoms with E-state index in [-0.39, 0.29) is 5.91 Å². The van der Waals surface area contributed by atoms with E-state index < -0.39 is 0 Å². The monoisotopic (exact) mass is 376 g/mol. The molecule has 0 bridgehead atoms. The number of hydrogen-bond acceptors (Lipinski definition) is 4. The van der Waals surface area contributed by atoms with Crippen LogP contribution >= 0.6 is 0 Å². The van der Waals surface area contributed by atoms with Crippen molar-refractivity contribution in [3.63, 3.8) is 0 Å². The van der Waals surface area contributed by atoms with Gasteiger partial charge in [-0.15, -0.1) is 0 Å². The third-order valence-electron chi connectivity index (χ3n) is 4.38. The lowest BCUT2D eigenvalue weighted by Crippen LogP contribution is -2.26. The predicted octanol–water partition coefficient (Wildman–Crippen LogP) is 3.95. The lowest BCUT2D eigenvalue weighted by Gasteiger charge is -2.17. The van der Waals surface area contributed by atoms with Crippen molar-refractivity contribution in [3.05, 3.63) is 89.5 Å². The maximum atomic E-state index is 12.2. The van der Waals surface area contributed by atoms with Gasteiger partial charge in [0.25, 0.3) is 5.91 Å². The average Bonchev–Trinajstić information content (AvgIpc) is 2.71. The first kappa shape index (κ1) is 20.8. The van der Waals surface area contributed by atoms with Crippen molar-refractivity contribution < 1.29 is 4.79 Å². The largest absolute Gasteiger partial charge is 0.399 e. The molecule has 0 aliphatic heterocycles. The first-order valence-corrected chi connectivity index (χ1v) is 9.20. The van der Waals surface area contributed by atoms with E-state index in [1.165, 1.54) is 5.56 Å². The van der Waals surface area contributed by atoms with Crippen LogP contribution in [0.5, 0.6) is 0 Å². The first-order chi connectivity index (χ1) is 13.4. The Morgan fingerprint density at radius 1 is 0.821 bits per heavy atom. The van der Waals surface area contributed by atoms with E-state index in [2.05, 4.69) is 13.0 Å². The number of nitrogen functional groups attached to an aromatic ring is 3. The number of nitrogens with two attached hydrogens (primary N) is 3. The molecule has 0 aliphatic carbocycles. The van der Waals surface area contributed by atoms with Gasteiger partial charge < -0.3 is 22.1 Å². The Kier molecular flexibility index (Phi) is 7.45. The van der Waals surface area contributed by atoms with Crippen LogP contribution in [0, 0.1) is 0 Å². The van der Waals surface area contributed by atoms with E-state index in [0.29, 0.717) is 23.5 Å². The van der Waals surface area contributed by atoms with Crippen LogP contribution in [-0.4, -0.2) is 17.9 Å². The van der Waals surface area contributed by atoms with Gasteiger partial charge in [-0.3, -0.25) is 4.79 Å². The van der Waals surface area contributed by atoms with Gasteiger partial charge in [0.1, 0.15) is 0 Å². The summed E-state index contributed by atoms with van der Waals surface area (Å²) in [4.78, 5) is 13.9. The molecule has 0 heterocycles. The third-order valence-corrected chi connectivity index (χ3v) is 4.38. The van der Waals surface area contributed by atoms with E-state index in [1.807, 2.05) is 48.5 Å². The third kappa shape index (κ3) is 5.77. The highest BCUT2D eigenvalue weighted by Crippen LogP contribution is 2.17. The number of para-hydroxylation sites is 1. The van der Waals surface area contributed by atoms with Crippen molar-refractivity contribution >= 4 is 23.0 Å². The molecule has 0 aromatic heterocycles. The molecule has 0 spiro atoms. The quantitative estimate of drug-likeness (QED) is 0.600. The predicted molar refractivity (Wildman–Crippen MR) is 118 cm³/mol. The molecule has 0 saturated carbocycles. The van der Waals surface area contributed by atoms with Crippen molar-refractivity contribution in [3.8, 4) is 0 Å². The Labute approximate surface area is 166 Å². The Morgan fingerprint density at radius 3 is 2.04 bits per heavy atom. The Bertz CT molecular complexity index is 909. The number of amides is 1. The molecule has 28 heavy (non-hydrogen) atoms. The van der Waals surface area contributed by atoms with Crippen LogP contribution in [0.4, 0.5) is 17.1 Å². The second-order valence-corrected chi connectivity index (χ2v) is 6.54. The molecule has 6 N–H and O–H groups in total. The van der Waals surface area contributed by atoms with Crippen molar-refractivity contribution in [2.45, 2.75) is 19.9 Å². The van der Waals surface area contributed by atoms with Crippen LogP contribution in [0.25, 0.3) is 0 Å². The Morgan fingerprint density at radius 2 is 1.46 bits per heavy atom. The van der Waals surface area contributed by atoms with Gasteiger partial charge in [-0.1, -0.05) is 55.5 Å².